The van der Waals surface area contributed by atoms with Crippen LogP contribution >= 0.6 is 0 Å². The van der Waals surface area contributed by atoms with Gasteiger partial charge in [-0.15, -0.1) is 0 Å². The lowest BCUT2D eigenvalue weighted by atomic mass is 10.1. The van der Waals surface area contributed by atoms with Gasteiger partial charge in [-0.05, 0) is 30.7 Å². The molecule has 0 radical (unpaired) electrons. The molecule has 0 unspecified atom stereocenters. The smallest absolute Gasteiger partial charge is 0.0768 e. The van der Waals surface area contributed by atoms with Crippen molar-refractivity contribution in [2.24, 2.45) is 0 Å². The van der Waals surface area contributed by atoms with Crippen LogP contribution in [0.3, 0.4) is 0 Å². The summed E-state index contributed by atoms with van der Waals surface area (Å²) in [6, 6.07) is 14.3. The fraction of sp³-hybridized carbons (Fsp3) is 0.231. The molecule has 0 bridgehead atoms. The quantitative estimate of drug-likeness (QED) is 0.770. The molecule has 1 N–H and O–H groups in total. The summed E-state index contributed by atoms with van der Waals surface area (Å²) in [5.74, 6) is 0. The maximum Gasteiger partial charge on any atom is 0.0768 e. The molecule has 3 nitrogen and oxygen atoms in total. The number of rotatable bonds is 5. The highest BCUT2D eigenvalue weighted by atomic mass is 15.1. The molecule has 1 heterocycles. The summed E-state index contributed by atoms with van der Waals surface area (Å²) in [5, 5.41) is 11.2. The SMILES string of the molecule is c1ccc(CCNCc2cccnn2)cc1. The molecule has 2 aromatic rings. The summed E-state index contributed by atoms with van der Waals surface area (Å²) in [4.78, 5) is 0. The van der Waals surface area contributed by atoms with Gasteiger partial charge in [-0.3, -0.25) is 0 Å². The Labute approximate surface area is 95.5 Å². The molecule has 1 aromatic heterocycles. The molecule has 0 spiro atoms. The van der Waals surface area contributed by atoms with E-state index in [1.165, 1.54) is 5.56 Å². The lowest BCUT2D eigenvalue weighted by Gasteiger charge is -2.03. The Balaban J connectivity index is 1.70. The molecule has 0 saturated heterocycles. The Morgan fingerprint density at radius 2 is 1.88 bits per heavy atom. The van der Waals surface area contributed by atoms with Gasteiger partial charge in [0.05, 0.1) is 5.69 Å². The van der Waals surface area contributed by atoms with Gasteiger partial charge in [0.15, 0.2) is 0 Å². The highest BCUT2D eigenvalue weighted by molar-refractivity contribution is 5.14. The topological polar surface area (TPSA) is 37.8 Å². The Hall–Kier alpha value is -1.74. The molecule has 0 saturated carbocycles. The van der Waals surface area contributed by atoms with E-state index in [9.17, 15) is 0 Å². The van der Waals surface area contributed by atoms with Crippen LogP contribution in [0.5, 0.6) is 0 Å². The molecule has 1 aromatic carbocycles. The number of nitrogens with zero attached hydrogens (tertiary/aromatic N) is 2. The predicted molar refractivity (Wildman–Crippen MR) is 63.9 cm³/mol. The maximum atomic E-state index is 4.01. The third-order valence-electron chi connectivity index (χ3n) is 2.37. The zero-order valence-electron chi connectivity index (χ0n) is 9.13. The van der Waals surface area contributed by atoms with E-state index in [4.69, 9.17) is 0 Å². The second-order valence-electron chi connectivity index (χ2n) is 3.63. The van der Waals surface area contributed by atoms with E-state index in [2.05, 4.69) is 39.8 Å². The molecule has 0 aliphatic heterocycles. The summed E-state index contributed by atoms with van der Waals surface area (Å²) in [6.07, 6.45) is 2.73. The first kappa shape index (κ1) is 10.8. The zero-order chi connectivity index (χ0) is 11.1. The van der Waals surface area contributed by atoms with Crippen molar-refractivity contribution < 1.29 is 0 Å². The summed E-state index contributed by atoms with van der Waals surface area (Å²) >= 11 is 0. The van der Waals surface area contributed by atoms with Crippen LogP contribution in [0.2, 0.25) is 0 Å². The second-order valence-corrected chi connectivity index (χ2v) is 3.63. The number of benzene rings is 1. The molecular formula is C13H15N3. The van der Waals surface area contributed by atoms with Crippen molar-refractivity contribution in [3.8, 4) is 0 Å². The van der Waals surface area contributed by atoms with E-state index >= 15 is 0 Å². The van der Waals surface area contributed by atoms with E-state index in [0.717, 1.165) is 25.2 Å². The van der Waals surface area contributed by atoms with E-state index < -0.39 is 0 Å². The third kappa shape index (κ3) is 3.44. The van der Waals surface area contributed by atoms with Crippen molar-refractivity contribution in [1.82, 2.24) is 15.5 Å². The number of hydrogen-bond acceptors (Lipinski definition) is 3. The molecule has 0 amide bonds. The lowest BCUT2D eigenvalue weighted by Crippen LogP contribution is -2.17. The predicted octanol–water partition coefficient (Wildman–Crippen LogP) is 1.81. The lowest BCUT2D eigenvalue weighted by molar-refractivity contribution is 0.666. The normalized spacial score (nSPS) is 10.2. The summed E-state index contributed by atoms with van der Waals surface area (Å²) < 4.78 is 0. The third-order valence-corrected chi connectivity index (χ3v) is 2.37. The van der Waals surface area contributed by atoms with E-state index in [1.807, 2.05) is 18.2 Å². The Morgan fingerprint density at radius 1 is 1.00 bits per heavy atom. The minimum absolute atomic E-state index is 0.778. The molecule has 0 fully saturated rings. The van der Waals surface area contributed by atoms with Crippen LogP contribution in [0.4, 0.5) is 0 Å². The highest BCUT2D eigenvalue weighted by Gasteiger charge is 1.94. The Kier molecular flexibility index (Phi) is 4.02. The van der Waals surface area contributed by atoms with Crippen LogP contribution in [-0.2, 0) is 13.0 Å². The van der Waals surface area contributed by atoms with Gasteiger partial charge in [0.2, 0.25) is 0 Å². The highest BCUT2D eigenvalue weighted by Crippen LogP contribution is 1.98. The van der Waals surface area contributed by atoms with Gasteiger partial charge < -0.3 is 5.32 Å². The van der Waals surface area contributed by atoms with Crippen molar-refractivity contribution >= 4 is 0 Å². The van der Waals surface area contributed by atoms with Gasteiger partial charge >= 0.3 is 0 Å². The first-order chi connectivity index (χ1) is 7.95. The fourth-order valence-electron chi connectivity index (χ4n) is 1.52. The average molecular weight is 213 g/mol. The molecule has 16 heavy (non-hydrogen) atoms. The first-order valence-electron chi connectivity index (χ1n) is 5.46. The standard InChI is InChI=1S/C13H15N3/c1-2-5-12(6-3-1)8-10-14-11-13-7-4-9-15-16-13/h1-7,9,14H,8,10-11H2. The van der Waals surface area contributed by atoms with Crippen molar-refractivity contribution in [3.05, 3.63) is 59.9 Å². The van der Waals surface area contributed by atoms with Crippen LogP contribution in [-0.4, -0.2) is 16.7 Å². The van der Waals surface area contributed by atoms with Gasteiger partial charge in [0.25, 0.3) is 0 Å². The number of hydrogen-bond donors (Lipinski definition) is 1. The van der Waals surface area contributed by atoms with Crippen molar-refractivity contribution in [2.45, 2.75) is 13.0 Å². The molecule has 2 rings (SSSR count). The van der Waals surface area contributed by atoms with Gasteiger partial charge in [-0.25, -0.2) is 0 Å². The van der Waals surface area contributed by atoms with E-state index in [-0.39, 0.29) is 0 Å². The van der Waals surface area contributed by atoms with Crippen LogP contribution in [0, 0.1) is 0 Å². The molecule has 3 heteroatoms. The monoisotopic (exact) mass is 213 g/mol. The fourth-order valence-corrected chi connectivity index (χ4v) is 1.52. The van der Waals surface area contributed by atoms with E-state index in [1.54, 1.807) is 6.20 Å². The zero-order valence-corrected chi connectivity index (χ0v) is 9.13. The first-order valence-corrected chi connectivity index (χ1v) is 5.46. The van der Waals surface area contributed by atoms with Crippen LogP contribution < -0.4 is 5.32 Å². The molecular weight excluding hydrogens is 198 g/mol. The van der Waals surface area contributed by atoms with Crippen molar-refractivity contribution in [1.29, 1.82) is 0 Å². The van der Waals surface area contributed by atoms with Crippen molar-refractivity contribution in [3.63, 3.8) is 0 Å². The minimum atomic E-state index is 0.778. The molecule has 0 aliphatic carbocycles. The molecule has 0 atom stereocenters. The minimum Gasteiger partial charge on any atom is -0.311 e. The van der Waals surface area contributed by atoms with Gasteiger partial charge in [0, 0.05) is 12.7 Å². The maximum absolute atomic E-state index is 4.01. The van der Waals surface area contributed by atoms with Gasteiger partial charge in [-0.1, -0.05) is 30.3 Å². The molecule has 0 aliphatic rings. The van der Waals surface area contributed by atoms with Gasteiger partial charge in [-0.2, -0.15) is 10.2 Å². The van der Waals surface area contributed by atoms with Crippen LogP contribution in [0.1, 0.15) is 11.3 Å². The summed E-state index contributed by atoms with van der Waals surface area (Å²) in [6.45, 7) is 1.74. The summed E-state index contributed by atoms with van der Waals surface area (Å²) in [5.41, 5.74) is 2.34. The Morgan fingerprint density at radius 3 is 2.62 bits per heavy atom. The van der Waals surface area contributed by atoms with Crippen LogP contribution in [0.15, 0.2) is 48.7 Å². The van der Waals surface area contributed by atoms with Crippen LogP contribution in [0.25, 0.3) is 0 Å². The molecule has 82 valence electrons. The number of nitrogens with one attached hydrogen (secondary N) is 1. The Bertz CT molecular complexity index is 359. The van der Waals surface area contributed by atoms with E-state index in [0.29, 0.717) is 0 Å². The van der Waals surface area contributed by atoms with Gasteiger partial charge in [0.1, 0.15) is 0 Å². The average Bonchev–Trinajstić information content (AvgIpc) is 2.37. The van der Waals surface area contributed by atoms with Crippen molar-refractivity contribution in [2.75, 3.05) is 6.54 Å². The number of aromatic nitrogens is 2. The largest absolute Gasteiger partial charge is 0.311 e. The second kappa shape index (κ2) is 5.98. The summed E-state index contributed by atoms with van der Waals surface area (Å²) in [7, 11) is 0.